The van der Waals surface area contributed by atoms with Crippen LogP contribution in [0.5, 0.6) is 0 Å². The summed E-state index contributed by atoms with van der Waals surface area (Å²) in [7, 11) is 0. The smallest absolute Gasteiger partial charge is 0.234 e. The van der Waals surface area contributed by atoms with Crippen molar-refractivity contribution in [1.29, 1.82) is 0 Å². The SMILES string of the molecule is CC(C)(C)NCC(=O)NC1CCSC1. The van der Waals surface area contributed by atoms with Gasteiger partial charge in [0.25, 0.3) is 0 Å². The van der Waals surface area contributed by atoms with Crippen molar-refractivity contribution in [2.45, 2.75) is 38.8 Å². The molecule has 0 radical (unpaired) electrons. The highest BCUT2D eigenvalue weighted by Gasteiger charge is 2.18. The summed E-state index contributed by atoms with van der Waals surface area (Å²) in [4.78, 5) is 11.5. The third kappa shape index (κ3) is 4.86. The molecule has 2 N–H and O–H groups in total. The molecule has 1 unspecified atom stereocenters. The van der Waals surface area contributed by atoms with Gasteiger partial charge in [-0.25, -0.2) is 0 Å². The van der Waals surface area contributed by atoms with Gasteiger partial charge in [-0.05, 0) is 32.9 Å². The van der Waals surface area contributed by atoms with Crippen molar-refractivity contribution in [2.24, 2.45) is 0 Å². The van der Waals surface area contributed by atoms with Gasteiger partial charge in [0.1, 0.15) is 0 Å². The third-order valence-corrected chi connectivity index (χ3v) is 3.24. The van der Waals surface area contributed by atoms with Crippen LogP contribution in [0.4, 0.5) is 0 Å². The number of carbonyl (C=O) groups is 1. The molecule has 82 valence electrons. The zero-order valence-corrected chi connectivity index (χ0v) is 10.0. The molecule has 1 fully saturated rings. The van der Waals surface area contributed by atoms with Gasteiger partial charge in [-0.15, -0.1) is 0 Å². The van der Waals surface area contributed by atoms with Crippen LogP contribution in [0.15, 0.2) is 0 Å². The first-order valence-corrected chi connectivity index (χ1v) is 6.25. The second-order valence-electron chi connectivity index (χ2n) is 4.73. The monoisotopic (exact) mass is 216 g/mol. The summed E-state index contributed by atoms with van der Waals surface area (Å²) in [6.45, 7) is 6.60. The number of thioether (sulfide) groups is 1. The Morgan fingerprint density at radius 3 is 2.71 bits per heavy atom. The summed E-state index contributed by atoms with van der Waals surface area (Å²) in [5.74, 6) is 2.37. The standard InChI is InChI=1S/C10H20N2OS/c1-10(2,3)11-6-9(13)12-8-4-5-14-7-8/h8,11H,4-7H2,1-3H3,(H,12,13). The largest absolute Gasteiger partial charge is 0.351 e. The minimum Gasteiger partial charge on any atom is -0.351 e. The molecule has 14 heavy (non-hydrogen) atoms. The summed E-state index contributed by atoms with van der Waals surface area (Å²) in [6, 6.07) is 0.397. The van der Waals surface area contributed by atoms with Crippen LogP contribution in [-0.2, 0) is 4.79 Å². The molecule has 1 atom stereocenters. The highest BCUT2D eigenvalue weighted by molar-refractivity contribution is 7.99. The molecule has 0 bridgehead atoms. The quantitative estimate of drug-likeness (QED) is 0.739. The van der Waals surface area contributed by atoms with Crippen LogP contribution in [0.1, 0.15) is 27.2 Å². The lowest BCUT2D eigenvalue weighted by molar-refractivity contribution is -0.121. The van der Waals surface area contributed by atoms with E-state index in [9.17, 15) is 4.79 Å². The van der Waals surface area contributed by atoms with Crippen molar-refractivity contribution < 1.29 is 4.79 Å². The Hall–Kier alpha value is -0.220. The normalized spacial score (nSPS) is 22.4. The molecule has 4 heteroatoms. The Morgan fingerprint density at radius 1 is 1.50 bits per heavy atom. The van der Waals surface area contributed by atoms with Gasteiger partial charge in [-0.3, -0.25) is 4.79 Å². The van der Waals surface area contributed by atoms with Gasteiger partial charge in [0.2, 0.25) is 5.91 Å². The predicted molar refractivity (Wildman–Crippen MR) is 61.6 cm³/mol. The first kappa shape index (κ1) is 11.9. The molecule has 1 amide bonds. The minimum absolute atomic E-state index is 0.0156. The maximum atomic E-state index is 11.5. The minimum atomic E-state index is 0.0156. The summed E-state index contributed by atoms with van der Waals surface area (Å²) in [6.07, 6.45) is 1.12. The van der Waals surface area contributed by atoms with E-state index in [1.807, 2.05) is 11.8 Å². The zero-order valence-electron chi connectivity index (χ0n) is 9.22. The first-order chi connectivity index (χ1) is 6.47. The predicted octanol–water partition coefficient (Wildman–Crippen LogP) is 0.996. The Balaban J connectivity index is 2.15. The van der Waals surface area contributed by atoms with Gasteiger partial charge in [0.15, 0.2) is 0 Å². The van der Waals surface area contributed by atoms with Gasteiger partial charge in [0.05, 0.1) is 6.54 Å². The van der Waals surface area contributed by atoms with Crippen molar-refractivity contribution in [3.05, 3.63) is 0 Å². The number of carbonyl (C=O) groups excluding carboxylic acids is 1. The van der Waals surface area contributed by atoms with Gasteiger partial charge in [0, 0.05) is 17.3 Å². The Kier molecular flexibility index (Phi) is 4.26. The van der Waals surface area contributed by atoms with Gasteiger partial charge < -0.3 is 10.6 Å². The number of amides is 1. The van der Waals surface area contributed by atoms with E-state index < -0.39 is 0 Å². The topological polar surface area (TPSA) is 41.1 Å². The maximum Gasteiger partial charge on any atom is 0.234 e. The summed E-state index contributed by atoms with van der Waals surface area (Å²) in [5.41, 5.74) is 0.0156. The van der Waals surface area contributed by atoms with Gasteiger partial charge in [-0.1, -0.05) is 0 Å². The average Bonchev–Trinajstić information content (AvgIpc) is 2.52. The van der Waals surface area contributed by atoms with Gasteiger partial charge >= 0.3 is 0 Å². The van der Waals surface area contributed by atoms with Crippen molar-refractivity contribution in [3.63, 3.8) is 0 Å². The van der Waals surface area contributed by atoms with Crippen LogP contribution in [0.2, 0.25) is 0 Å². The van der Waals surface area contributed by atoms with Crippen LogP contribution in [-0.4, -0.2) is 35.5 Å². The molecule has 0 saturated carbocycles. The number of hydrogen-bond donors (Lipinski definition) is 2. The molecule has 0 aromatic heterocycles. The summed E-state index contributed by atoms with van der Waals surface area (Å²) < 4.78 is 0. The van der Waals surface area contributed by atoms with Crippen molar-refractivity contribution in [3.8, 4) is 0 Å². The average molecular weight is 216 g/mol. The second-order valence-corrected chi connectivity index (χ2v) is 5.88. The molecule has 1 rings (SSSR count). The molecule has 1 aliphatic rings. The fourth-order valence-corrected chi connectivity index (χ4v) is 2.42. The fraction of sp³-hybridized carbons (Fsp3) is 0.900. The van der Waals surface area contributed by atoms with Crippen molar-refractivity contribution in [2.75, 3.05) is 18.1 Å². The molecule has 3 nitrogen and oxygen atoms in total. The highest BCUT2D eigenvalue weighted by atomic mass is 32.2. The lowest BCUT2D eigenvalue weighted by atomic mass is 10.1. The van der Waals surface area contributed by atoms with E-state index in [2.05, 4.69) is 31.4 Å². The van der Waals surface area contributed by atoms with E-state index in [0.29, 0.717) is 12.6 Å². The maximum absolute atomic E-state index is 11.5. The zero-order chi connectivity index (χ0) is 10.6. The van der Waals surface area contributed by atoms with Gasteiger partial charge in [-0.2, -0.15) is 11.8 Å². The number of rotatable bonds is 3. The first-order valence-electron chi connectivity index (χ1n) is 5.09. The molecule has 1 aliphatic heterocycles. The molecule has 0 aromatic carbocycles. The summed E-state index contributed by atoms with van der Waals surface area (Å²) >= 11 is 1.91. The molecule has 0 aliphatic carbocycles. The van der Waals surface area contributed by atoms with E-state index in [1.54, 1.807) is 0 Å². The molecule has 1 saturated heterocycles. The molecular weight excluding hydrogens is 196 g/mol. The van der Waals surface area contributed by atoms with E-state index >= 15 is 0 Å². The van der Waals surface area contributed by atoms with E-state index in [1.165, 1.54) is 5.75 Å². The second kappa shape index (κ2) is 5.03. The molecular formula is C10H20N2OS. The fourth-order valence-electron chi connectivity index (χ4n) is 1.27. The molecule has 0 spiro atoms. The van der Waals surface area contributed by atoms with Crippen LogP contribution < -0.4 is 10.6 Å². The van der Waals surface area contributed by atoms with E-state index in [-0.39, 0.29) is 11.4 Å². The van der Waals surface area contributed by atoms with Crippen LogP contribution in [0.25, 0.3) is 0 Å². The van der Waals surface area contributed by atoms with Crippen LogP contribution in [0.3, 0.4) is 0 Å². The Labute approximate surface area is 90.4 Å². The molecule has 1 heterocycles. The van der Waals surface area contributed by atoms with Crippen molar-refractivity contribution in [1.82, 2.24) is 10.6 Å². The highest BCUT2D eigenvalue weighted by Crippen LogP contribution is 2.16. The lowest BCUT2D eigenvalue weighted by Crippen LogP contribution is -2.45. The van der Waals surface area contributed by atoms with Crippen molar-refractivity contribution >= 4 is 17.7 Å². The lowest BCUT2D eigenvalue weighted by Gasteiger charge is -2.21. The Morgan fingerprint density at radius 2 is 2.21 bits per heavy atom. The Bertz CT molecular complexity index is 195. The summed E-state index contributed by atoms with van der Waals surface area (Å²) in [5, 5.41) is 6.21. The third-order valence-electron chi connectivity index (χ3n) is 2.07. The number of nitrogens with one attached hydrogen (secondary N) is 2. The van der Waals surface area contributed by atoms with E-state index in [0.717, 1.165) is 12.2 Å². The van der Waals surface area contributed by atoms with E-state index in [4.69, 9.17) is 0 Å². The molecule has 0 aromatic rings. The number of hydrogen-bond acceptors (Lipinski definition) is 3. The van der Waals surface area contributed by atoms with Crippen LogP contribution in [0, 0.1) is 0 Å². The van der Waals surface area contributed by atoms with Crippen LogP contribution >= 0.6 is 11.8 Å².